The fourth-order valence-electron chi connectivity index (χ4n) is 1.10. The van der Waals surface area contributed by atoms with E-state index >= 15 is 0 Å². The molecule has 0 amide bonds. The zero-order valence-corrected chi connectivity index (χ0v) is 9.32. The molecule has 1 aromatic heterocycles. The van der Waals surface area contributed by atoms with Gasteiger partial charge in [-0.3, -0.25) is 0 Å². The van der Waals surface area contributed by atoms with Gasteiger partial charge < -0.3 is 4.57 Å². The zero-order chi connectivity index (χ0) is 10.6. The van der Waals surface area contributed by atoms with Crippen molar-refractivity contribution in [2.24, 2.45) is 5.92 Å². The summed E-state index contributed by atoms with van der Waals surface area (Å²) >= 11 is 3.36. The molecule has 0 radical (unpaired) electrons. The van der Waals surface area contributed by atoms with Crippen molar-refractivity contribution in [1.29, 1.82) is 10.5 Å². The van der Waals surface area contributed by atoms with Gasteiger partial charge in [-0.25, -0.2) is 4.98 Å². The van der Waals surface area contributed by atoms with E-state index in [0.717, 1.165) is 5.33 Å². The summed E-state index contributed by atoms with van der Waals surface area (Å²) in [5, 5.41) is 18.4. The molecule has 1 heterocycles. The van der Waals surface area contributed by atoms with Crippen molar-refractivity contribution in [2.75, 3.05) is 5.33 Å². The highest BCUT2D eigenvalue weighted by Crippen LogP contribution is 2.10. The van der Waals surface area contributed by atoms with Crippen LogP contribution in [0.4, 0.5) is 0 Å². The minimum Gasteiger partial charge on any atom is -0.321 e. The number of alkyl halides is 1. The molecule has 1 aromatic rings. The number of aromatic nitrogens is 2. The van der Waals surface area contributed by atoms with E-state index in [1.807, 2.05) is 12.1 Å². The Bertz CT molecular complexity index is 396. The first-order valence-electron chi connectivity index (χ1n) is 4.14. The molecule has 72 valence electrons. The molecule has 1 unspecified atom stereocenters. The molecule has 0 saturated carbocycles. The number of rotatable bonds is 3. The summed E-state index contributed by atoms with van der Waals surface area (Å²) in [5.74, 6) is 0.405. The van der Waals surface area contributed by atoms with Gasteiger partial charge in [0.15, 0.2) is 11.4 Å². The zero-order valence-electron chi connectivity index (χ0n) is 7.74. The van der Waals surface area contributed by atoms with Crippen LogP contribution in [0.25, 0.3) is 0 Å². The largest absolute Gasteiger partial charge is 0.321 e. The van der Waals surface area contributed by atoms with Gasteiger partial charge in [0, 0.05) is 11.9 Å². The van der Waals surface area contributed by atoms with Crippen LogP contribution in [-0.2, 0) is 6.54 Å². The molecular weight excluding hydrogens is 244 g/mol. The van der Waals surface area contributed by atoms with E-state index < -0.39 is 0 Å². The van der Waals surface area contributed by atoms with E-state index in [2.05, 4.69) is 27.8 Å². The molecule has 0 fully saturated rings. The van der Waals surface area contributed by atoms with Crippen molar-refractivity contribution < 1.29 is 0 Å². The fraction of sp³-hybridized carbons (Fsp3) is 0.444. The lowest BCUT2D eigenvalue weighted by atomic mass is 10.2. The first-order valence-corrected chi connectivity index (χ1v) is 5.26. The number of hydrogen-bond acceptors (Lipinski definition) is 3. The van der Waals surface area contributed by atoms with Crippen molar-refractivity contribution in [3.63, 3.8) is 0 Å². The second-order valence-electron chi connectivity index (χ2n) is 3.08. The van der Waals surface area contributed by atoms with Crippen LogP contribution in [0.3, 0.4) is 0 Å². The minimum atomic E-state index is 0.203. The van der Waals surface area contributed by atoms with Gasteiger partial charge in [0.1, 0.15) is 12.1 Å². The van der Waals surface area contributed by atoms with Crippen LogP contribution in [0.2, 0.25) is 0 Å². The lowest BCUT2D eigenvalue weighted by molar-refractivity contribution is 0.529. The quantitative estimate of drug-likeness (QED) is 0.769. The Labute approximate surface area is 90.9 Å². The number of halogens is 1. The predicted molar refractivity (Wildman–Crippen MR) is 54.6 cm³/mol. The molecule has 0 N–H and O–H groups in total. The Hall–Kier alpha value is -1.33. The number of nitrogens with zero attached hydrogens (tertiary/aromatic N) is 4. The second-order valence-corrected chi connectivity index (χ2v) is 3.72. The smallest absolute Gasteiger partial charge is 0.176 e. The van der Waals surface area contributed by atoms with Crippen molar-refractivity contribution in [1.82, 2.24) is 9.55 Å². The summed E-state index contributed by atoms with van der Waals surface area (Å²) in [6.45, 7) is 2.75. The summed E-state index contributed by atoms with van der Waals surface area (Å²) in [7, 11) is 0. The van der Waals surface area contributed by atoms with E-state index in [1.165, 1.54) is 6.33 Å². The van der Waals surface area contributed by atoms with E-state index in [4.69, 9.17) is 10.5 Å². The molecule has 0 saturated heterocycles. The van der Waals surface area contributed by atoms with Crippen LogP contribution in [0.5, 0.6) is 0 Å². The molecular formula is C9H9BrN4. The van der Waals surface area contributed by atoms with E-state index in [9.17, 15) is 0 Å². The summed E-state index contributed by atoms with van der Waals surface area (Å²) in [6.07, 6.45) is 1.54. The monoisotopic (exact) mass is 252 g/mol. The van der Waals surface area contributed by atoms with Crippen molar-refractivity contribution in [3.05, 3.63) is 17.7 Å². The average molecular weight is 253 g/mol. The summed E-state index contributed by atoms with van der Waals surface area (Å²) in [6, 6.07) is 3.88. The van der Waals surface area contributed by atoms with Crippen LogP contribution in [0.1, 0.15) is 18.3 Å². The molecule has 4 nitrogen and oxygen atoms in total. The molecule has 0 bridgehead atoms. The standard InChI is InChI=1S/C9H9BrN4/c1-7(2-10)5-14-6-13-8(3-11)9(14)4-12/h6-7H,2,5H2,1H3. The summed E-state index contributed by atoms with van der Waals surface area (Å²) < 4.78 is 1.71. The van der Waals surface area contributed by atoms with Gasteiger partial charge >= 0.3 is 0 Å². The lowest BCUT2D eigenvalue weighted by Crippen LogP contribution is -2.09. The van der Waals surface area contributed by atoms with Gasteiger partial charge in [0.05, 0.1) is 6.33 Å². The Morgan fingerprint density at radius 3 is 2.79 bits per heavy atom. The van der Waals surface area contributed by atoms with Crippen LogP contribution in [0.15, 0.2) is 6.33 Å². The van der Waals surface area contributed by atoms with Gasteiger partial charge in [-0.05, 0) is 5.92 Å². The first kappa shape index (κ1) is 10.7. The van der Waals surface area contributed by atoms with Crippen molar-refractivity contribution in [2.45, 2.75) is 13.5 Å². The number of nitriles is 2. The van der Waals surface area contributed by atoms with Crippen LogP contribution < -0.4 is 0 Å². The van der Waals surface area contributed by atoms with E-state index in [-0.39, 0.29) is 5.69 Å². The third-order valence-corrected chi connectivity index (χ3v) is 2.93. The van der Waals surface area contributed by atoms with Gasteiger partial charge in [-0.2, -0.15) is 10.5 Å². The van der Waals surface area contributed by atoms with Crippen molar-refractivity contribution in [3.8, 4) is 12.1 Å². The summed E-state index contributed by atoms with van der Waals surface area (Å²) in [5.41, 5.74) is 0.551. The molecule has 1 atom stereocenters. The molecule has 0 aliphatic carbocycles. The molecule has 0 aromatic carbocycles. The summed E-state index contributed by atoms with van der Waals surface area (Å²) in [4.78, 5) is 3.86. The maximum Gasteiger partial charge on any atom is 0.176 e. The highest BCUT2D eigenvalue weighted by Gasteiger charge is 2.11. The first-order chi connectivity index (χ1) is 6.72. The average Bonchev–Trinajstić information content (AvgIpc) is 2.59. The second kappa shape index (κ2) is 4.78. The number of imidazole rings is 1. The van der Waals surface area contributed by atoms with E-state index in [0.29, 0.717) is 18.2 Å². The molecule has 14 heavy (non-hydrogen) atoms. The normalized spacial score (nSPS) is 11.7. The van der Waals surface area contributed by atoms with Gasteiger partial charge in [0.25, 0.3) is 0 Å². The minimum absolute atomic E-state index is 0.203. The third kappa shape index (κ3) is 2.12. The van der Waals surface area contributed by atoms with E-state index in [1.54, 1.807) is 4.57 Å². The van der Waals surface area contributed by atoms with Crippen LogP contribution >= 0.6 is 15.9 Å². The van der Waals surface area contributed by atoms with Gasteiger partial charge in [-0.1, -0.05) is 22.9 Å². The van der Waals surface area contributed by atoms with Gasteiger partial charge in [-0.15, -0.1) is 0 Å². The Balaban J connectivity index is 2.95. The SMILES string of the molecule is CC(CBr)Cn1cnc(C#N)c1C#N. The Kier molecular flexibility index (Phi) is 3.67. The van der Waals surface area contributed by atoms with Crippen molar-refractivity contribution >= 4 is 15.9 Å². The van der Waals surface area contributed by atoms with Crippen LogP contribution in [0, 0.1) is 28.6 Å². The maximum atomic E-state index is 8.83. The number of hydrogen-bond donors (Lipinski definition) is 0. The highest BCUT2D eigenvalue weighted by molar-refractivity contribution is 9.09. The highest BCUT2D eigenvalue weighted by atomic mass is 79.9. The van der Waals surface area contributed by atoms with Gasteiger partial charge in [0.2, 0.25) is 0 Å². The molecule has 0 spiro atoms. The Morgan fingerprint density at radius 2 is 2.29 bits per heavy atom. The maximum absolute atomic E-state index is 8.83. The molecule has 0 aliphatic heterocycles. The van der Waals surface area contributed by atoms with Crippen LogP contribution in [-0.4, -0.2) is 14.9 Å². The lowest BCUT2D eigenvalue weighted by Gasteiger charge is -2.08. The molecule has 0 aliphatic rings. The topological polar surface area (TPSA) is 65.4 Å². The molecule has 1 rings (SSSR count). The Morgan fingerprint density at radius 1 is 1.57 bits per heavy atom. The molecule has 5 heteroatoms. The third-order valence-electron chi connectivity index (χ3n) is 1.82. The predicted octanol–water partition coefficient (Wildman–Crippen LogP) is 1.66. The fourth-order valence-corrected chi connectivity index (χ4v) is 1.31.